The van der Waals surface area contributed by atoms with Gasteiger partial charge in [-0.25, -0.2) is 4.39 Å². The molecule has 0 spiro atoms. The Morgan fingerprint density at radius 2 is 2.28 bits per heavy atom. The van der Waals surface area contributed by atoms with Gasteiger partial charge in [0.2, 0.25) is 0 Å². The Kier molecular flexibility index (Phi) is 4.30. The molecule has 0 saturated carbocycles. The third-order valence-electron chi connectivity index (χ3n) is 2.23. The summed E-state index contributed by atoms with van der Waals surface area (Å²) in [6.45, 7) is 2.10. The summed E-state index contributed by atoms with van der Waals surface area (Å²) in [5, 5.41) is 3.79. The fourth-order valence-electron chi connectivity index (χ4n) is 1.41. The molecule has 0 bridgehead atoms. The molecule has 0 saturated heterocycles. The van der Waals surface area contributed by atoms with Gasteiger partial charge in [-0.05, 0) is 24.6 Å². The van der Waals surface area contributed by atoms with Crippen molar-refractivity contribution in [3.63, 3.8) is 0 Å². The van der Waals surface area contributed by atoms with Gasteiger partial charge in [-0.2, -0.15) is 4.98 Å². The van der Waals surface area contributed by atoms with E-state index in [1.807, 2.05) is 6.92 Å². The van der Waals surface area contributed by atoms with E-state index in [4.69, 9.17) is 9.26 Å². The molecular formula is C12H12BrFN2O2. The molecule has 0 N–H and O–H groups in total. The first-order valence-electron chi connectivity index (χ1n) is 5.58. The summed E-state index contributed by atoms with van der Waals surface area (Å²) in [6, 6.07) is 4.59. The average molecular weight is 315 g/mol. The number of halogens is 2. The Balaban J connectivity index is 1.97. The lowest BCUT2D eigenvalue weighted by atomic mass is 10.3. The van der Waals surface area contributed by atoms with Gasteiger partial charge in [-0.15, -0.1) is 0 Å². The smallest absolute Gasteiger partial charge is 0.264 e. The van der Waals surface area contributed by atoms with Crippen LogP contribution in [0.3, 0.4) is 0 Å². The number of benzene rings is 1. The second kappa shape index (κ2) is 5.95. The van der Waals surface area contributed by atoms with Crippen LogP contribution in [0.25, 0.3) is 0 Å². The number of aromatic nitrogens is 2. The highest BCUT2D eigenvalue weighted by Gasteiger charge is 2.08. The van der Waals surface area contributed by atoms with Gasteiger partial charge in [0, 0.05) is 10.9 Å². The largest absolute Gasteiger partial charge is 0.481 e. The normalized spacial score (nSPS) is 10.6. The van der Waals surface area contributed by atoms with Crippen LogP contribution in [-0.2, 0) is 13.0 Å². The summed E-state index contributed by atoms with van der Waals surface area (Å²) in [7, 11) is 0. The van der Waals surface area contributed by atoms with E-state index < -0.39 is 5.82 Å². The van der Waals surface area contributed by atoms with E-state index in [2.05, 4.69) is 26.1 Å². The maximum absolute atomic E-state index is 13.5. The van der Waals surface area contributed by atoms with E-state index in [1.54, 1.807) is 12.1 Å². The summed E-state index contributed by atoms with van der Waals surface area (Å²) in [5.41, 5.74) is 0. The minimum atomic E-state index is -0.433. The van der Waals surface area contributed by atoms with Gasteiger partial charge < -0.3 is 9.26 Å². The Morgan fingerprint density at radius 3 is 3.00 bits per heavy atom. The van der Waals surface area contributed by atoms with Crippen molar-refractivity contribution in [2.45, 2.75) is 26.4 Å². The molecule has 1 heterocycles. The van der Waals surface area contributed by atoms with Crippen LogP contribution in [0, 0.1) is 5.82 Å². The first-order valence-corrected chi connectivity index (χ1v) is 6.37. The zero-order valence-electron chi connectivity index (χ0n) is 9.82. The zero-order valence-corrected chi connectivity index (χ0v) is 11.4. The molecule has 2 aromatic rings. The van der Waals surface area contributed by atoms with E-state index in [0.717, 1.165) is 12.8 Å². The van der Waals surface area contributed by atoms with Crippen LogP contribution in [0.15, 0.2) is 27.2 Å². The summed E-state index contributed by atoms with van der Waals surface area (Å²) >= 11 is 3.18. The second-order valence-corrected chi connectivity index (χ2v) is 4.63. The number of hydrogen-bond donors (Lipinski definition) is 0. The molecule has 1 aromatic carbocycles. The standard InChI is InChI=1S/C12H12BrFN2O2/c1-2-3-11-15-12(18-16-11)7-17-10-5-4-8(13)6-9(10)14/h4-6H,2-3,7H2,1H3. The van der Waals surface area contributed by atoms with Crippen LogP contribution < -0.4 is 4.74 Å². The average Bonchev–Trinajstić information content (AvgIpc) is 2.76. The van der Waals surface area contributed by atoms with Gasteiger partial charge in [0.1, 0.15) is 0 Å². The van der Waals surface area contributed by atoms with Crippen LogP contribution >= 0.6 is 15.9 Å². The van der Waals surface area contributed by atoms with Crippen molar-refractivity contribution >= 4 is 15.9 Å². The number of hydrogen-bond acceptors (Lipinski definition) is 4. The first kappa shape index (κ1) is 13.0. The van der Waals surface area contributed by atoms with Crippen molar-refractivity contribution in [3.05, 3.63) is 40.2 Å². The van der Waals surface area contributed by atoms with Gasteiger partial charge in [0.05, 0.1) is 0 Å². The predicted molar refractivity (Wildman–Crippen MR) is 66.7 cm³/mol. The van der Waals surface area contributed by atoms with Gasteiger partial charge >= 0.3 is 0 Å². The highest BCUT2D eigenvalue weighted by molar-refractivity contribution is 9.10. The van der Waals surface area contributed by atoms with Crippen LogP contribution in [0.4, 0.5) is 4.39 Å². The molecule has 0 aliphatic carbocycles. The van der Waals surface area contributed by atoms with Crippen molar-refractivity contribution in [2.75, 3.05) is 0 Å². The van der Waals surface area contributed by atoms with Gasteiger partial charge in [-0.3, -0.25) is 0 Å². The third kappa shape index (κ3) is 3.29. The highest BCUT2D eigenvalue weighted by Crippen LogP contribution is 2.22. The topological polar surface area (TPSA) is 48.2 Å². The van der Waals surface area contributed by atoms with E-state index in [-0.39, 0.29) is 12.4 Å². The lowest BCUT2D eigenvalue weighted by Gasteiger charge is -2.04. The molecule has 0 amide bonds. The molecule has 0 fully saturated rings. The lowest BCUT2D eigenvalue weighted by Crippen LogP contribution is -1.98. The van der Waals surface area contributed by atoms with Crippen LogP contribution in [0.2, 0.25) is 0 Å². The molecule has 4 nitrogen and oxygen atoms in total. The van der Waals surface area contributed by atoms with Gasteiger partial charge in [0.15, 0.2) is 24.0 Å². The fraction of sp³-hybridized carbons (Fsp3) is 0.333. The molecule has 6 heteroatoms. The van der Waals surface area contributed by atoms with Crippen molar-refractivity contribution in [1.29, 1.82) is 0 Å². The van der Waals surface area contributed by atoms with Crippen LogP contribution in [0.5, 0.6) is 5.75 Å². The van der Waals surface area contributed by atoms with Crippen molar-refractivity contribution < 1.29 is 13.7 Å². The Bertz CT molecular complexity index is 531. The molecule has 2 rings (SSSR count). The Hall–Kier alpha value is -1.43. The highest BCUT2D eigenvalue weighted by atomic mass is 79.9. The van der Waals surface area contributed by atoms with Gasteiger partial charge in [-0.1, -0.05) is 28.0 Å². The molecular weight excluding hydrogens is 303 g/mol. The van der Waals surface area contributed by atoms with Crippen molar-refractivity contribution in [2.24, 2.45) is 0 Å². The third-order valence-corrected chi connectivity index (χ3v) is 2.72. The zero-order chi connectivity index (χ0) is 13.0. The molecule has 0 aliphatic heterocycles. The summed E-state index contributed by atoms with van der Waals surface area (Å²) in [6.07, 6.45) is 1.71. The Labute approximate surface area is 112 Å². The monoisotopic (exact) mass is 314 g/mol. The van der Waals surface area contributed by atoms with E-state index >= 15 is 0 Å². The minimum absolute atomic E-state index is 0.0647. The molecule has 1 aromatic heterocycles. The van der Waals surface area contributed by atoms with Crippen molar-refractivity contribution in [1.82, 2.24) is 10.1 Å². The number of aryl methyl sites for hydroxylation is 1. The molecule has 0 aliphatic rings. The number of ether oxygens (including phenoxy) is 1. The van der Waals surface area contributed by atoms with E-state index in [1.165, 1.54) is 6.07 Å². The molecule has 0 atom stereocenters. The van der Waals surface area contributed by atoms with Crippen molar-refractivity contribution in [3.8, 4) is 5.75 Å². The molecule has 0 unspecified atom stereocenters. The first-order chi connectivity index (χ1) is 8.69. The quantitative estimate of drug-likeness (QED) is 0.847. The SMILES string of the molecule is CCCc1noc(COc2ccc(Br)cc2F)n1. The Morgan fingerprint density at radius 1 is 1.44 bits per heavy atom. The number of nitrogens with zero attached hydrogens (tertiary/aromatic N) is 2. The maximum Gasteiger partial charge on any atom is 0.264 e. The predicted octanol–water partition coefficient (Wildman–Crippen LogP) is 3.50. The maximum atomic E-state index is 13.5. The molecule has 96 valence electrons. The van der Waals surface area contributed by atoms with Gasteiger partial charge in [0.25, 0.3) is 5.89 Å². The second-order valence-electron chi connectivity index (χ2n) is 3.72. The van der Waals surface area contributed by atoms with Crippen LogP contribution in [-0.4, -0.2) is 10.1 Å². The van der Waals surface area contributed by atoms with E-state index in [9.17, 15) is 4.39 Å². The molecule has 0 radical (unpaired) electrons. The van der Waals surface area contributed by atoms with Crippen LogP contribution in [0.1, 0.15) is 25.1 Å². The lowest BCUT2D eigenvalue weighted by molar-refractivity contribution is 0.234. The summed E-state index contributed by atoms with van der Waals surface area (Å²) in [4.78, 5) is 4.13. The summed E-state index contributed by atoms with van der Waals surface area (Å²) in [5.74, 6) is 0.722. The van der Waals surface area contributed by atoms with E-state index in [0.29, 0.717) is 16.2 Å². The minimum Gasteiger partial charge on any atom is -0.481 e. The summed E-state index contributed by atoms with van der Waals surface area (Å²) < 4.78 is 24.4. The molecule has 18 heavy (non-hydrogen) atoms. The number of rotatable bonds is 5. The fourth-order valence-corrected chi connectivity index (χ4v) is 1.74.